The first-order valence-electron chi connectivity index (χ1n) is 18.5. The molecule has 0 aliphatic carbocycles. The quantitative estimate of drug-likeness (QED) is 0.183. The molecular formula is C38H56N8O4Si. The summed E-state index contributed by atoms with van der Waals surface area (Å²) in [5, 5.41) is 16.5. The van der Waals surface area contributed by atoms with Gasteiger partial charge < -0.3 is 33.8 Å². The van der Waals surface area contributed by atoms with Crippen LogP contribution in [0.1, 0.15) is 56.0 Å². The van der Waals surface area contributed by atoms with Gasteiger partial charge in [0.25, 0.3) is 0 Å². The van der Waals surface area contributed by atoms with Gasteiger partial charge in [-0.15, -0.1) is 0 Å². The maximum Gasteiger partial charge on any atom is 0.410 e. The van der Waals surface area contributed by atoms with Crippen molar-refractivity contribution < 1.29 is 19.0 Å². The Morgan fingerprint density at radius 3 is 2.49 bits per heavy atom. The Morgan fingerprint density at radius 1 is 1.06 bits per heavy atom. The first-order valence-corrected chi connectivity index (χ1v) is 22.2. The van der Waals surface area contributed by atoms with E-state index < -0.39 is 13.7 Å². The predicted molar refractivity (Wildman–Crippen MR) is 203 cm³/mol. The van der Waals surface area contributed by atoms with Gasteiger partial charge in [0.1, 0.15) is 30.6 Å². The number of hydrogen-bond acceptors (Lipinski definition) is 10. The van der Waals surface area contributed by atoms with Crippen molar-refractivity contribution in [3.05, 3.63) is 40.7 Å². The zero-order valence-corrected chi connectivity index (χ0v) is 32.9. The summed E-state index contributed by atoms with van der Waals surface area (Å²) in [5.74, 6) is 0.404. The first-order chi connectivity index (χ1) is 24.2. The van der Waals surface area contributed by atoms with E-state index in [0.717, 1.165) is 78.5 Å². The highest BCUT2D eigenvalue weighted by molar-refractivity contribution is 6.76. The largest absolute Gasteiger partial charge is 0.475 e. The van der Waals surface area contributed by atoms with E-state index in [0.29, 0.717) is 63.5 Å². The number of benzene rings is 1. The van der Waals surface area contributed by atoms with Crippen molar-refractivity contribution in [3.63, 3.8) is 0 Å². The van der Waals surface area contributed by atoms with Crippen LogP contribution in [-0.2, 0) is 29.2 Å². The molecule has 3 aliphatic rings. The van der Waals surface area contributed by atoms with E-state index in [1.165, 1.54) is 5.56 Å². The van der Waals surface area contributed by atoms with Crippen molar-refractivity contribution >= 4 is 36.4 Å². The molecule has 2 aromatic heterocycles. The summed E-state index contributed by atoms with van der Waals surface area (Å²) in [7, 11) is 0.952. The molecule has 0 N–H and O–H groups in total. The number of ether oxygens (including phenoxy) is 3. The molecule has 6 rings (SSSR count). The third-order valence-corrected chi connectivity index (χ3v) is 12.0. The fourth-order valence-electron chi connectivity index (χ4n) is 7.38. The number of hydrogen-bond donors (Lipinski definition) is 0. The number of nitriles is 1. The summed E-state index contributed by atoms with van der Waals surface area (Å²) in [6.45, 7) is 21.2. The van der Waals surface area contributed by atoms with Crippen molar-refractivity contribution in [3.8, 4) is 11.9 Å². The second kappa shape index (κ2) is 15.0. The Morgan fingerprint density at radius 2 is 1.82 bits per heavy atom. The molecule has 0 unspecified atom stereocenters. The summed E-state index contributed by atoms with van der Waals surface area (Å²) in [6, 6.07) is 8.21. The van der Waals surface area contributed by atoms with Gasteiger partial charge in [-0.25, -0.2) is 14.5 Å². The fraction of sp³-hybridized carbons (Fsp3) is 0.632. The molecule has 51 heavy (non-hydrogen) atoms. The van der Waals surface area contributed by atoms with Gasteiger partial charge in [0.05, 0.1) is 35.3 Å². The molecule has 2 saturated heterocycles. The number of nitrogens with zero attached hydrogens (tertiary/aromatic N) is 8. The molecule has 0 bridgehead atoms. The monoisotopic (exact) mass is 716 g/mol. The standard InChI is InChI=1S/C38H56N8O4Si/c1-27-11-12-33-31(23-40-46(33)26-48-20-21-51(6,7)8)34(27)45-15-13-29-32(24-45)41-36(49-25-28-10-9-14-42(28)5)30(22-39)35(29)43-16-18-44(19-17-43)37(47)50-38(2,3)4/h11-12,23,28H,9-10,13-21,24-26H2,1-8H3/t28-/m0/s1. The van der Waals surface area contributed by atoms with E-state index in [1.54, 1.807) is 4.90 Å². The van der Waals surface area contributed by atoms with E-state index in [2.05, 4.69) is 66.5 Å². The highest BCUT2D eigenvalue weighted by atomic mass is 28.3. The van der Waals surface area contributed by atoms with Crippen LogP contribution >= 0.6 is 0 Å². The number of piperazine rings is 1. The van der Waals surface area contributed by atoms with Gasteiger partial charge in [-0.1, -0.05) is 25.7 Å². The van der Waals surface area contributed by atoms with Crippen LogP contribution in [0.5, 0.6) is 5.88 Å². The average Bonchev–Trinajstić information content (AvgIpc) is 3.68. The molecule has 3 aromatic rings. The predicted octanol–water partition coefficient (Wildman–Crippen LogP) is 6.02. The Kier molecular flexibility index (Phi) is 10.9. The van der Waals surface area contributed by atoms with Crippen LogP contribution in [0.25, 0.3) is 10.9 Å². The minimum Gasteiger partial charge on any atom is -0.475 e. The molecule has 0 saturated carbocycles. The maximum absolute atomic E-state index is 12.9. The van der Waals surface area contributed by atoms with Crippen molar-refractivity contribution in [1.82, 2.24) is 24.6 Å². The lowest BCUT2D eigenvalue weighted by Gasteiger charge is -2.40. The molecule has 2 fully saturated rings. The lowest BCUT2D eigenvalue weighted by molar-refractivity contribution is 0.0240. The third kappa shape index (κ3) is 8.45. The SMILES string of the molecule is Cc1ccc2c(cnn2COCC[Si](C)(C)C)c1N1CCc2c(nc(OC[C@@H]3CCCN3C)c(C#N)c2N2CCN(C(=O)OC(C)(C)C)CC2)C1. The molecule has 1 atom stereocenters. The Balaban J connectivity index is 1.29. The number of pyridine rings is 1. The molecule has 13 heteroatoms. The molecule has 276 valence electrons. The lowest BCUT2D eigenvalue weighted by Crippen LogP contribution is -2.50. The topological polar surface area (TPSA) is 112 Å². The van der Waals surface area contributed by atoms with Gasteiger partial charge >= 0.3 is 6.09 Å². The zero-order valence-electron chi connectivity index (χ0n) is 31.9. The Hall–Kier alpha value is -3.86. The number of carbonyl (C=O) groups excluding carboxylic acids is 1. The number of carbonyl (C=O) groups is 1. The zero-order chi connectivity index (χ0) is 36.5. The number of aromatic nitrogens is 3. The normalized spacial score (nSPS) is 18.6. The third-order valence-electron chi connectivity index (χ3n) is 10.3. The fourth-order valence-corrected chi connectivity index (χ4v) is 8.14. The molecule has 1 aromatic carbocycles. The lowest BCUT2D eigenvalue weighted by atomic mass is 9.97. The number of likely N-dealkylation sites (tertiary alicyclic amines) is 1. The number of likely N-dealkylation sites (N-methyl/N-ethyl adjacent to an activating group) is 1. The number of anilines is 2. The van der Waals surface area contributed by atoms with Crippen molar-refractivity contribution in [2.75, 3.05) is 69.3 Å². The van der Waals surface area contributed by atoms with Gasteiger partial charge in [0, 0.05) is 64.4 Å². The van der Waals surface area contributed by atoms with E-state index in [1.807, 2.05) is 31.6 Å². The van der Waals surface area contributed by atoms with Crippen molar-refractivity contribution in [2.45, 2.75) is 97.6 Å². The molecule has 0 radical (unpaired) electrons. The summed E-state index contributed by atoms with van der Waals surface area (Å²) < 4.78 is 20.2. The summed E-state index contributed by atoms with van der Waals surface area (Å²) >= 11 is 0. The Labute approximate surface area is 304 Å². The highest BCUT2D eigenvalue weighted by Gasteiger charge is 2.34. The van der Waals surface area contributed by atoms with E-state index >= 15 is 0 Å². The van der Waals surface area contributed by atoms with Gasteiger partial charge in [-0.2, -0.15) is 10.4 Å². The summed E-state index contributed by atoms with van der Waals surface area (Å²) in [6.07, 6.45) is 4.60. The minimum absolute atomic E-state index is 0.294. The average molecular weight is 717 g/mol. The van der Waals surface area contributed by atoms with E-state index in [9.17, 15) is 10.1 Å². The Bertz CT molecular complexity index is 1770. The second-order valence-electron chi connectivity index (χ2n) is 16.5. The number of aryl methyl sites for hydroxylation is 1. The molecular weight excluding hydrogens is 661 g/mol. The van der Waals surface area contributed by atoms with Crippen LogP contribution in [0.4, 0.5) is 16.2 Å². The second-order valence-corrected chi connectivity index (χ2v) is 22.2. The van der Waals surface area contributed by atoms with Gasteiger partial charge in [0.15, 0.2) is 0 Å². The van der Waals surface area contributed by atoms with E-state index in [-0.39, 0.29) is 6.09 Å². The molecule has 5 heterocycles. The van der Waals surface area contributed by atoms with Crippen LogP contribution in [0.3, 0.4) is 0 Å². The van der Waals surface area contributed by atoms with E-state index in [4.69, 9.17) is 24.3 Å². The number of amides is 1. The number of rotatable bonds is 10. The number of fused-ring (bicyclic) bond motifs is 2. The van der Waals surface area contributed by atoms with Crippen LogP contribution in [0.15, 0.2) is 18.3 Å². The first kappa shape index (κ1) is 36.9. The van der Waals surface area contributed by atoms with Crippen LogP contribution < -0.4 is 14.5 Å². The summed E-state index contributed by atoms with van der Waals surface area (Å²) in [5.41, 5.74) is 6.24. The van der Waals surface area contributed by atoms with Gasteiger partial charge in [0.2, 0.25) is 5.88 Å². The molecule has 12 nitrogen and oxygen atoms in total. The summed E-state index contributed by atoms with van der Waals surface area (Å²) in [4.78, 5) is 26.7. The van der Waals surface area contributed by atoms with Crippen LogP contribution in [0.2, 0.25) is 25.7 Å². The maximum atomic E-state index is 12.9. The van der Waals surface area contributed by atoms with Crippen molar-refractivity contribution in [1.29, 1.82) is 5.26 Å². The van der Waals surface area contributed by atoms with Crippen LogP contribution in [0, 0.1) is 18.3 Å². The van der Waals surface area contributed by atoms with Gasteiger partial charge in [-0.05, 0) is 78.2 Å². The molecule has 1 amide bonds. The highest BCUT2D eigenvalue weighted by Crippen LogP contribution is 2.40. The van der Waals surface area contributed by atoms with Crippen molar-refractivity contribution in [2.24, 2.45) is 0 Å². The smallest absolute Gasteiger partial charge is 0.410 e. The molecule has 3 aliphatic heterocycles. The minimum atomic E-state index is -1.18. The van der Waals surface area contributed by atoms with Gasteiger partial charge in [-0.3, -0.25) is 0 Å². The molecule has 0 spiro atoms. The van der Waals surface area contributed by atoms with Crippen LogP contribution in [-0.4, -0.2) is 110 Å².